The van der Waals surface area contributed by atoms with Gasteiger partial charge in [0.2, 0.25) is 0 Å². The summed E-state index contributed by atoms with van der Waals surface area (Å²) in [6.45, 7) is 2.05. The van der Waals surface area contributed by atoms with E-state index in [4.69, 9.17) is 4.74 Å². The highest BCUT2D eigenvalue weighted by Crippen LogP contribution is 2.23. The van der Waals surface area contributed by atoms with E-state index in [1.54, 1.807) is 0 Å². The Morgan fingerprint density at radius 1 is 1.10 bits per heavy atom. The molecule has 0 saturated carbocycles. The van der Waals surface area contributed by atoms with Gasteiger partial charge in [-0.1, -0.05) is 48.0 Å². The first-order valence-electron chi connectivity index (χ1n) is 6.64. The van der Waals surface area contributed by atoms with Crippen LogP contribution < -0.4 is 5.32 Å². The number of methoxy groups -OCH3 is 1. The van der Waals surface area contributed by atoms with Gasteiger partial charge in [-0.3, -0.25) is 4.79 Å². The Labute approximate surface area is 119 Å². The number of hydrogen-bond acceptors (Lipinski definition) is 3. The summed E-state index contributed by atoms with van der Waals surface area (Å²) < 4.78 is 4.78. The van der Waals surface area contributed by atoms with Crippen molar-refractivity contribution in [3.8, 4) is 0 Å². The van der Waals surface area contributed by atoms with Crippen LogP contribution in [0.15, 0.2) is 54.6 Å². The number of anilines is 1. The standard InChI is InChI=1S/C17H19NO2/c1-13-8-10-15(11-9-13)18-16(12-17(19)20-2)14-6-4-3-5-7-14/h3-11,16,18H,12H2,1-2H3/t16-/m0/s1. The van der Waals surface area contributed by atoms with Crippen LogP contribution in [0.25, 0.3) is 0 Å². The third kappa shape index (κ3) is 3.85. The number of ether oxygens (including phenoxy) is 1. The molecule has 2 aromatic carbocycles. The van der Waals surface area contributed by atoms with E-state index in [1.165, 1.54) is 12.7 Å². The molecule has 1 N–H and O–H groups in total. The molecule has 0 aromatic heterocycles. The first-order valence-corrected chi connectivity index (χ1v) is 6.64. The number of carbonyl (C=O) groups excluding carboxylic acids is 1. The first kappa shape index (κ1) is 14.1. The third-order valence-corrected chi connectivity index (χ3v) is 3.19. The van der Waals surface area contributed by atoms with Crippen molar-refractivity contribution in [3.63, 3.8) is 0 Å². The molecule has 0 aliphatic rings. The molecule has 2 aromatic rings. The maximum absolute atomic E-state index is 11.6. The van der Waals surface area contributed by atoms with Gasteiger partial charge < -0.3 is 10.1 Å². The molecule has 1 atom stereocenters. The van der Waals surface area contributed by atoms with Crippen molar-refractivity contribution in [1.82, 2.24) is 0 Å². The quantitative estimate of drug-likeness (QED) is 0.841. The fraction of sp³-hybridized carbons (Fsp3) is 0.235. The molecule has 0 radical (unpaired) electrons. The summed E-state index contributed by atoms with van der Waals surface area (Å²) in [5, 5.41) is 3.39. The van der Waals surface area contributed by atoms with E-state index in [-0.39, 0.29) is 12.0 Å². The summed E-state index contributed by atoms with van der Waals surface area (Å²) >= 11 is 0. The summed E-state index contributed by atoms with van der Waals surface area (Å²) in [6, 6.07) is 17.9. The lowest BCUT2D eigenvalue weighted by atomic mass is 10.0. The number of carbonyl (C=O) groups is 1. The number of hydrogen-bond donors (Lipinski definition) is 1. The summed E-state index contributed by atoms with van der Waals surface area (Å²) in [5.41, 5.74) is 3.27. The average Bonchev–Trinajstić information content (AvgIpc) is 2.49. The number of aryl methyl sites for hydroxylation is 1. The van der Waals surface area contributed by atoms with Crippen molar-refractivity contribution in [2.75, 3.05) is 12.4 Å². The average molecular weight is 269 g/mol. The van der Waals surface area contributed by atoms with E-state index >= 15 is 0 Å². The van der Waals surface area contributed by atoms with E-state index < -0.39 is 0 Å². The monoisotopic (exact) mass is 269 g/mol. The molecule has 0 fully saturated rings. The summed E-state index contributed by atoms with van der Waals surface area (Å²) in [7, 11) is 1.41. The molecular weight excluding hydrogens is 250 g/mol. The molecule has 0 aliphatic carbocycles. The van der Waals surface area contributed by atoms with Crippen LogP contribution in [0.1, 0.15) is 23.6 Å². The Balaban J connectivity index is 2.18. The highest BCUT2D eigenvalue weighted by molar-refractivity contribution is 5.71. The van der Waals surface area contributed by atoms with Crippen LogP contribution in [-0.2, 0) is 9.53 Å². The van der Waals surface area contributed by atoms with Crippen LogP contribution in [0.3, 0.4) is 0 Å². The van der Waals surface area contributed by atoms with E-state index in [0.29, 0.717) is 6.42 Å². The second kappa shape index (κ2) is 6.75. The van der Waals surface area contributed by atoms with Crippen LogP contribution in [0.4, 0.5) is 5.69 Å². The molecule has 3 nitrogen and oxygen atoms in total. The fourth-order valence-corrected chi connectivity index (χ4v) is 2.04. The molecule has 0 bridgehead atoms. The first-order chi connectivity index (χ1) is 9.69. The van der Waals surface area contributed by atoms with Crippen molar-refractivity contribution in [1.29, 1.82) is 0 Å². The van der Waals surface area contributed by atoms with E-state index in [2.05, 4.69) is 5.32 Å². The Kier molecular flexibility index (Phi) is 4.77. The molecule has 0 saturated heterocycles. The zero-order chi connectivity index (χ0) is 14.4. The lowest BCUT2D eigenvalue weighted by molar-refractivity contribution is -0.140. The highest BCUT2D eigenvalue weighted by Gasteiger charge is 2.16. The number of esters is 1. The normalized spacial score (nSPS) is 11.7. The maximum Gasteiger partial charge on any atom is 0.307 e. The Bertz CT molecular complexity index is 549. The zero-order valence-electron chi connectivity index (χ0n) is 11.8. The van der Waals surface area contributed by atoms with E-state index in [1.807, 2.05) is 61.5 Å². The minimum absolute atomic E-state index is 0.0913. The molecule has 20 heavy (non-hydrogen) atoms. The SMILES string of the molecule is COC(=O)C[C@H](Nc1ccc(C)cc1)c1ccccc1. The van der Waals surface area contributed by atoms with Crippen LogP contribution in [0, 0.1) is 6.92 Å². The van der Waals surface area contributed by atoms with Crippen molar-refractivity contribution in [2.24, 2.45) is 0 Å². The minimum atomic E-state index is -0.224. The number of benzene rings is 2. The molecule has 0 spiro atoms. The molecule has 0 amide bonds. The molecule has 0 unspecified atom stereocenters. The maximum atomic E-state index is 11.6. The Morgan fingerprint density at radius 2 is 1.75 bits per heavy atom. The van der Waals surface area contributed by atoms with Crippen molar-refractivity contribution < 1.29 is 9.53 Å². The second-order valence-corrected chi connectivity index (χ2v) is 4.75. The van der Waals surface area contributed by atoms with Gasteiger partial charge in [0.1, 0.15) is 0 Å². The molecule has 3 heteroatoms. The summed E-state index contributed by atoms with van der Waals surface area (Å²) in [5.74, 6) is -0.224. The minimum Gasteiger partial charge on any atom is -0.469 e. The smallest absolute Gasteiger partial charge is 0.307 e. The Morgan fingerprint density at radius 3 is 2.35 bits per heavy atom. The highest BCUT2D eigenvalue weighted by atomic mass is 16.5. The predicted molar refractivity (Wildman–Crippen MR) is 80.6 cm³/mol. The topological polar surface area (TPSA) is 38.3 Å². The van der Waals surface area contributed by atoms with Crippen LogP contribution >= 0.6 is 0 Å². The van der Waals surface area contributed by atoms with Gasteiger partial charge in [0.05, 0.1) is 19.6 Å². The van der Waals surface area contributed by atoms with Gasteiger partial charge in [0.25, 0.3) is 0 Å². The largest absolute Gasteiger partial charge is 0.469 e. The van der Waals surface area contributed by atoms with Crippen LogP contribution in [0.5, 0.6) is 0 Å². The second-order valence-electron chi connectivity index (χ2n) is 4.75. The molecular formula is C17H19NO2. The zero-order valence-corrected chi connectivity index (χ0v) is 11.8. The van der Waals surface area contributed by atoms with Crippen LogP contribution in [0.2, 0.25) is 0 Å². The van der Waals surface area contributed by atoms with E-state index in [0.717, 1.165) is 11.3 Å². The molecule has 0 heterocycles. The summed E-state index contributed by atoms with van der Waals surface area (Å²) in [6.07, 6.45) is 0.300. The van der Waals surface area contributed by atoms with Crippen LogP contribution in [-0.4, -0.2) is 13.1 Å². The van der Waals surface area contributed by atoms with Crippen molar-refractivity contribution >= 4 is 11.7 Å². The van der Waals surface area contributed by atoms with Gasteiger partial charge in [-0.05, 0) is 24.6 Å². The lowest BCUT2D eigenvalue weighted by Crippen LogP contribution is -2.16. The molecule has 104 valence electrons. The van der Waals surface area contributed by atoms with Gasteiger partial charge in [-0.15, -0.1) is 0 Å². The summed E-state index contributed by atoms with van der Waals surface area (Å²) in [4.78, 5) is 11.6. The Hall–Kier alpha value is -2.29. The van der Waals surface area contributed by atoms with Gasteiger partial charge in [0, 0.05) is 5.69 Å². The van der Waals surface area contributed by atoms with E-state index in [9.17, 15) is 4.79 Å². The van der Waals surface area contributed by atoms with Crippen molar-refractivity contribution in [2.45, 2.75) is 19.4 Å². The molecule has 0 aliphatic heterocycles. The third-order valence-electron chi connectivity index (χ3n) is 3.19. The fourth-order valence-electron chi connectivity index (χ4n) is 2.04. The van der Waals surface area contributed by atoms with Gasteiger partial charge in [0.15, 0.2) is 0 Å². The van der Waals surface area contributed by atoms with Gasteiger partial charge in [-0.25, -0.2) is 0 Å². The lowest BCUT2D eigenvalue weighted by Gasteiger charge is -2.19. The predicted octanol–water partition coefficient (Wildman–Crippen LogP) is 3.71. The van der Waals surface area contributed by atoms with Crippen molar-refractivity contribution in [3.05, 3.63) is 65.7 Å². The number of rotatable bonds is 5. The van der Waals surface area contributed by atoms with Gasteiger partial charge in [-0.2, -0.15) is 0 Å². The molecule has 2 rings (SSSR count). The van der Waals surface area contributed by atoms with Gasteiger partial charge >= 0.3 is 5.97 Å². The number of nitrogens with one attached hydrogen (secondary N) is 1.